The largest absolute Gasteiger partial charge is 0.355 e. The lowest BCUT2D eigenvalue weighted by molar-refractivity contribution is -0.120. The van der Waals surface area contributed by atoms with E-state index in [4.69, 9.17) is 0 Å². The van der Waals surface area contributed by atoms with Gasteiger partial charge in [0.15, 0.2) is 0 Å². The average Bonchev–Trinajstić information content (AvgIpc) is 3.41. The molecule has 0 bridgehead atoms. The lowest BCUT2D eigenvalue weighted by atomic mass is 10.1. The molecule has 2 amide bonds. The Morgan fingerprint density at radius 3 is 2.39 bits per heavy atom. The Bertz CT molecular complexity index is 1170. The molecule has 5 nitrogen and oxygen atoms in total. The second kappa shape index (κ2) is 12.8. The minimum Gasteiger partial charge on any atom is -0.355 e. The molecule has 0 spiro atoms. The zero-order chi connectivity index (χ0) is 25.2. The Balaban J connectivity index is 1.42. The molecule has 1 N–H and O–H groups in total. The van der Waals surface area contributed by atoms with Crippen molar-refractivity contribution in [2.75, 3.05) is 31.1 Å². The SMILES string of the molecule is Cc1cccc(CN(C(=O)/C=C/c2ccccc2)c2ccc(CC(=O)NCCN3CCCC3)cc2)c1. The van der Waals surface area contributed by atoms with Gasteiger partial charge in [0.1, 0.15) is 0 Å². The average molecular weight is 482 g/mol. The van der Waals surface area contributed by atoms with E-state index in [9.17, 15) is 9.59 Å². The highest BCUT2D eigenvalue weighted by Crippen LogP contribution is 2.20. The number of hydrogen-bond donors (Lipinski definition) is 1. The zero-order valence-corrected chi connectivity index (χ0v) is 21.0. The molecule has 3 aromatic carbocycles. The topological polar surface area (TPSA) is 52.7 Å². The van der Waals surface area contributed by atoms with E-state index < -0.39 is 0 Å². The van der Waals surface area contributed by atoms with Gasteiger partial charge in [0.25, 0.3) is 5.91 Å². The molecule has 0 atom stereocenters. The minimum atomic E-state index is -0.0900. The van der Waals surface area contributed by atoms with Crippen LogP contribution >= 0.6 is 0 Å². The number of carbonyl (C=O) groups is 2. The lowest BCUT2D eigenvalue weighted by Crippen LogP contribution is -2.34. The number of anilines is 1. The summed E-state index contributed by atoms with van der Waals surface area (Å²) in [7, 11) is 0. The summed E-state index contributed by atoms with van der Waals surface area (Å²) in [6.45, 7) is 6.39. The van der Waals surface area contributed by atoms with Crippen LogP contribution in [0.25, 0.3) is 6.08 Å². The first-order chi connectivity index (χ1) is 17.6. The highest BCUT2D eigenvalue weighted by molar-refractivity contribution is 6.03. The van der Waals surface area contributed by atoms with Crippen molar-refractivity contribution < 1.29 is 9.59 Å². The number of carbonyl (C=O) groups excluding carboxylic acids is 2. The van der Waals surface area contributed by atoms with Crippen molar-refractivity contribution in [3.8, 4) is 0 Å². The van der Waals surface area contributed by atoms with Crippen LogP contribution in [-0.2, 0) is 22.6 Å². The quantitative estimate of drug-likeness (QED) is 0.415. The first-order valence-electron chi connectivity index (χ1n) is 12.7. The molecule has 4 rings (SSSR count). The summed E-state index contributed by atoms with van der Waals surface area (Å²) in [6, 6.07) is 25.7. The van der Waals surface area contributed by atoms with Crippen LogP contribution in [0.4, 0.5) is 5.69 Å². The van der Waals surface area contributed by atoms with Gasteiger partial charge in [-0.1, -0.05) is 72.3 Å². The van der Waals surface area contributed by atoms with E-state index in [-0.39, 0.29) is 11.8 Å². The summed E-state index contributed by atoms with van der Waals surface area (Å²) < 4.78 is 0. The van der Waals surface area contributed by atoms with Crippen molar-refractivity contribution in [3.05, 3.63) is 107 Å². The fourth-order valence-corrected chi connectivity index (χ4v) is 4.51. The summed E-state index contributed by atoms with van der Waals surface area (Å²) in [5, 5.41) is 3.03. The Labute approximate surface area is 214 Å². The number of nitrogens with one attached hydrogen (secondary N) is 1. The Kier molecular flexibility index (Phi) is 9.06. The number of nitrogens with zero attached hydrogens (tertiary/aromatic N) is 2. The number of hydrogen-bond acceptors (Lipinski definition) is 3. The summed E-state index contributed by atoms with van der Waals surface area (Å²) in [6.07, 6.45) is 6.30. The molecular formula is C31H35N3O2. The molecule has 36 heavy (non-hydrogen) atoms. The molecule has 1 aliphatic rings. The van der Waals surface area contributed by atoms with Gasteiger partial charge in [-0.2, -0.15) is 0 Å². The summed E-state index contributed by atoms with van der Waals surface area (Å²) in [5.74, 6) is -0.0619. The molecular weight excluding hydrogens is 446 g/mol. The maximum atomic E-state index is 13.3. The first kappa shape index (κ1) is 25.4. The maximum Gasteiger partial charge on any atom is 0.251 e. The fourth-order valence-electron chi connectivity index (χ4n) is 4.51. The molecule has 0 unspecified atom stereocenters. The van der Waals surface area contributed by atoms with Crippen molar-refractivity contribution in [1.29, 1.82) is 0 Å². The van der Waals surface area contributed by atoms with Crippen LogP contribution < -0.4 is 10.2 Å². The first-order valence-corrected chi connectivity index (χ1v) is 12.7. The number of amides is 2. The number of aryl methyl sites for hydroxylation is 1. The van der Waals surface area contributed by atoms with Crippen molar-refractivity contribution in [3.63, 3.8) is 0 Å². The van der Waals surface area contributed by atoms with Gasteiger partial charge in [0.05, 0.1) is 13.0 Å². The van der Waals surface area contributed by atoms with E-state index in [1.54, 1.807) is 11.0 Å². The zero-order valence-electron chi connectivity index (χ0n) is 21.0. The molecule has 1 saturated heterocycles. The van der Waals surface area contributed by atoms with Crippen molar-refractivity contribution in [1.82, 2.24) is 10.2 Å². The maximum absolute atomic E-state index is 13.3. The van der Waals surface area contributed by atoms with Crippen LogP contribution in [0.1, 0.15) is 35.1 Å². The molecule has 1 aliphatic heterocycles. The van der Waals surface area contributed by atoms with E-state index in [0.29, 0.717) is 19.5 Å². The van der Waals surface area contributed by atoms with Crippen LogP contribution in [0.2, 0.25) is 0 Å². The van der Waals surface area contributed by atoms with E-state index >= 15 is 0 Å². The van der Waals surface area contributed by atoms with Gasteiger partial charge in [0.2, 0.25) is 5.91 Å². The minimum absolute atomic E-state index is 0.0282. The van der Waals surface area contributed by atoms with Crippen LogP contribution in [0, 0.1) is 6.92 Å². The molecule has 0 radical (unpaired) electrons. The van der Waals surface area contributed by atoms with Gasteiger partial charge < -0.3 is 15.1 Å². The van der Waals surface area contributed by atoms with Crippen molar-refractivity contribution in [2.45, 2.75) is 32.7 Å². The normalized spacial score (nSPS) is 13.7. The molecule has 1 heterocycles. The van der Waals surface area contributed by atoms with Crippen LogP contribution in [0.5, 0.6) is 0 Å². The van der Waals surface area contributed by atoms with Gasteiger partial charge in [-0.15, -0.1) is 0 Å². The van der Waals surface area contributed by atoms with Crippen molar-refractivity contribution >= 4 is 23.6 Å². The molecule has 186 valence electrons. The lowest BCUT2D eigenvalue weighted by Gasteiger charge is -2.22. The van der Waals surface area contributed by atoms with Gasteiger partial charge >= 0.3 is 0 Å². The molecule has 1 fully saturated rings. The van der Waals surface area contributed by atoms with E-state index in [0.717, 1.165) is 47.6 Å². The number of rotatable bonds is 10. The van der Waals surface area contributed by atoms with Crippen molar-refractivity contribution in [2.24, 2.45) is 0 Å². The molecule has 3 aromatic rings. The monoisotopic (exact) mass is 481 g/mol. The van der Waals surface area contributed by atoms with Gasteiger partial charge in [-0.25, -0.2) is 0 Å². The summed E-state index contributed by atoms with van der Waals surface area (Å²) in [4.78, 5) is 29.8. The van der Waals surface area contributed by atoms with Gasteiger partial charge in [-0.05, 0) is 67.8 Å². The van der Waals surface area contributed by atoms with Crippen LogP contribution in [0.15, 0.2) is 84.9 Å². The second-order valence-electron chi connectivity index (χ2n) is 9.40. The summed E-state index contributed by atoms with van der Waals surface area (Å²) >= 11 is 0. The Morgan fingerprint density at radius 1 is 0.917 bits per heavy atom. The highest BCUT2D eigenvalue weighted by Gasteiger charge is 2.15. The summed E-state index contributed by atoms with van der Waals surface area (Å²) in [5.41, 5.74) is 4.94. The van der Waals surface area contributed by atoms with E-state index in [1.165, 1.54) is 12.8 Å². The predicted molar refractivity (Wildman–Crippen MR) is 147 cm³/mol. The molecule has 5 heteroatoms. The molecule has 0 saturated carbocycles. The predicted octanol–water partition coefficient (Wildman–Crippen LogP) is 5.00. The third-order valence-electron chi connectivity index (χ3n) is 6.47. The smallest absolute Gasteiger partial charge is 0.251 e. The standard InChI is InChI=1S/C31H35N3O2/c1-25-8-7-11-28(22-25)24-34(31(36)17-14-26-9-3-2-4-10-26)29-15-12-27(13-16-29)23-30(35)32-18-21-33-19-5-6-20-33/h2-4,7-17,22H,5-6,18-21,23-24H2,1H3,(H,32,35)/b17-14+. The van der Waals surface area contributed by atoms with E-state index in [2.05, 4.69) is 29.3 Å². The van der Waals surface area contributed by atoms with Crippen LogP contribution in [-0.4, -0.2) is 42.9 Å². The number of benzene rings is 3. The Morgan fingerprint density at radius 2 is 1.67 bits per heavy atom. The second-order valence-corrected chi connectivity index (χ2v) is 9.40. The Hall–Kier alpha value is -3.70. The third-order valence-corrected chi connectivity index (χ3v) is 6.47. The van der Waals surface area contributed by atoms with E-state index in [1.807, 2.05) is 72.8 Å². The van der Waals surface area contributed by atoms with Gasteiger partial charge in [-0.3, -0.25) is 9.59 Å². The molecule has 0 aliphatic carbocycles. The third kappa shape index (κ3) is 7.65. The highest BCUT2D eigenvalue weighted by atomic mass is 16.2. The number of likely N-dealkylation sites (tertiary alicyclic amines) is 1. The fraction of sp³-hybridized carbons (Fsp3) is 0.290. The van der Waals surface area contributed by atoms with Crippen LogP contribution in [0.3, 0.4) is 0 Å². The van der Waals surface area contributed by atoms with Gasteiger partial charge in [0, 0.05) is 24.9 Å². The molecule has 0 aromatic heterocycles.